The van der Waals surface area contributed by atoms with Crippen molar-refractivity contribution in [1.82, 2.24) is 4.98 Å². The molecule has 1 amide bonds. The lowest BCUT2D eigenvalue weighted by atomic mass is 10.4. The molecule has 0 fully saturated rings. The van der Waals surface area contributed by atoms with Gasteiger partial charge in [-0.2, -0.15) is 0 Å². The van der Waals surface area contributed by atoms with Crippen LogP contribution >= 0.6 is 34.5 Å². The quantitative estimate of drug-likeness (QED) is 0.754. The maximum absolute atomic E-state index is 10.5. The van der Waals surface area contributed by atoms with Crippen LogP contribution in [0.2, 0.25) is 4.34 Å². The van der Waals surface area contributed by atoms with E-state index in [4.69, 9.17) is 28.9 Å². The highest BCUT2D eigenvalue weighted by Gasteiger charge is 2.17. The Hall–Kier alpha value is -0.320. The Morgan fingerprint density at radius 3 is 2.82 bits per heavy atom. The Labute approximate surface area is 77.1 Å². The highest BCUT2D eigenvalue weighted by molar-refractivity contribution is 7.16. The topological polar surface area (TPSA) is 56.0 Å². The molecule has 2 N–H and O–H groups in total. The number of thiazole rings is 1. The molecule has 1 aromatic heterocycles. The predicted molar refractivity (Wildman–Crippen MR) is 44.9 cm³/mol. The molecule has 1 atom stereocenters. The fourth-order valence-electron chi connectivity index (χ4n) is 0.506. The summed E-state index contributed by atoms with van der Waals surface area (Å²) in [6.07, 6.45) is 1.43. The standard InChI is InChI=1S/C5H4Cl2N2OS/c6-2-1-9-5(11-2)3(7)4(8)10/h1,3H,(H2,8,10). The molecule has 1 unspecified atom stereocenters. The Morgan fingerprint density at radius 2 is 2.45 bits per heavy atom. The van der Waals surface area contributed by atoms with Crippen LogP contribution in [0, 0.1) is 0 Å². The third-order valence-corrected chi connectivity index (χ3v) is 2.69. The average Bonchev–Trinajstić information content (AvgIpc) is 2.34. The Bertz CT molecular complexity index is 275. The van der Waals surface area contributed by atoms with Crippen LogP contribution in [-0.2, 0) is 4.79 Å². The normalized spacial score (nSPS) is 12.9. The minimum atomic E-state index is -0.868. The minimum absolute atomic E-state index is 0.434. The van der Waals surface area contributed by atoms with E-state index >= 15 is 0 Å². The second-order valence-electron chi connectivity index (χ2n) is 1.77. The lowest BCUT2D eigenvalue weighted by Crippen LogP contribution is -2.16. The van der Waals surface area contributed by atoms with Gasteiger partial charge in [-0.3, -0.25) is 4.79 Å². The molecular formula is C5H4Cl2N2OS. The van der Waals surface area contributed by atoms with Crippen molar-refractivity contribution in [1.29, 1.82) is 0 Å². The van der Waals surface area contributed by atoms with Gasteiger partial charge < -0.3 is 5.73 Å². The summed E-state index contributed by atoms with van der Waals surface area (Å²) in [5, 5.41) is -0.434. The van der Waals surface area contributed by atoms with Gasteiger partial charge in [-0.25, -0.2) is 4.98 Å². The zero-order valence-corrected chi connectivity index (χ0v) is 7.58. The molecule has 0 saturated heterocycles. The molecule has 1 aromatic rings. The smallest absolute Gasteiger partial charge is 0.242 e. The summed E-state index contributed by atoms with van der Waals surface area (Å²) in [6, 6.07) is 0. The number of hydrogen-bond acceptors (Lipinski definition) is 3. The monoisotopic (exact) mass is 210 g/mol. The molecule has 3 nitrogen and oxygen atoms in total. The lowest BCUT2D eigenvalue weighted by molar-refractivity contribution is -0.117. The molecule has 0 aromatic carbocycles. The SMILES string of the molecule is NC(=O)C(Cl)c1ncc(Cl)s1. The number of nitrogens with zero attached hydrogens (tertiary/aromatic N) is 1. The largest absolute Gasteiger partial charge is 0.368 e. The first-order valence-corrected chi connectivity index (χ1v) is 4.29. The summed E-state index contributed by atoms with van der Waals surface area (Å²) in [4.78, 5) is 14.3. The maximum Gasteiger partial charge on any atom is 0.242 e. The number of carbonyl (C=O) groups excluding carboxylic acids is 1. The molecule has 6 heteroatoms. The van der Waals surface area contributed by atoms with E-state index in [0.717, 1.165) is 11.3 Å². The van der Waals surface area contributed by atoms with E-state index in [2.05, 4.69) is 4.98 Å². The number of rotatable bonds is 2. The zero-order chi connectivity index (χ0) is 8.43. The van der Waals surface area contributed by atoms with E-state index in [0.29, 0.717) is 9.34 Å². The molecule has 0 radical (unpaired) electrons. The van der Waals surface area contributed by atoms with Crippen molar-refractivity contribution in [3.63, 3.8) is 0 Å². The first-order chi connectivity index (χ1) is 5.11. The summed E-state index contributed by atoms with van der Waals surface area (Å²) < 4.78 is 0.493. The second-order valence-corrected chi connectivity index (χ2v) is 3.90. The highest BCUT2D eigenvalue weighted by Crippen LogP contribution is 2.27. The van der Waals surface area contributed by atoms with Crippen LogP contribution in [0.3, 0.4) is 0 Å². The Balaban J connectivity index is 2.84. The van der Waals surface area contributed by atoms with Gasteiger partial charge in [0.2, 0.25) is 5.91 Å². The highest BCUT2D eigenvalue weighted by atomic mass is 35.5. The predicted octanol–water partition coefficient (Wildman–Crippen LogP) is 1.56. The summed E-state index contributed by atoms with van der Waals surface area (Å²) in [7, 11) is 0. The molecule has 1 rings (SSSR count). The van der Waals surface area contributed by atoms with Crippen molar-refractivity contribution in [3.8, 4) is 0 Å². The van der Waals surface area contributed by atoms with E-state index in [9.17, 15) is 4.79 Å². The van der Waals surface area contributed by atoms with Gasteiger partial charge in [0, 0.05) is 0 Å². The number of primary amides is 1. The van der Waals surface area contributed by atoms with Crippen molar-refractivity contribution < 1.29 is 4.79 Å². The van der Waals surface area contributed by atoms with Gasteiger partial charge in [0.25, 0.3) is 0 Å². The minimum Gasteiger partial charge on any atom is -0.368 e. The molecule has 0 bridgehead atoms. The first-order valence-electron chi connectivity index (χ1n) is 2.66. The van der Waals surface area contributed by atoms with Crippen molar-refractivity contribution in [3.05, 3.63) is 15.5 Å². The van der Waals surface area contributed by atoms with Gasteiger partial charge in [-0.05, 0) is 0 Å². The van der Waals surface area contributed by atoms with E-state index in [1.54, 1.807) is 0 Å². The van der Waals surface area contributed by atoms with E-state index in [1.807, 2.05) is 0 Å². The molecule has 0 saturated carbocycles. The number of nitrogens with two attached hydrogens (primary N) is 1. The van der Waals surface area contributed by atoms with Crippen molar-refractivity contribution in [2.45, 2.75) is 5.38 Å². The number of carbonyl (C=O) groups is 1. The van der Waals surface area contributed by atoms with Crippen LogP contribution < -0.4 is 5.73 Å². The summed E-state index contributed by atoms with van der Waals surface area (Å²) >= 11 is 12.3. The van der Waals surface area contributed by atoms with E-state index < -0.39 is 11.3 Å². The van der Waals surface area contributed by atoms with Gasteiger partial charge in [0.15, 0.2) is 5.38 Å². The van der Waals surface area contributed by atoms with Crippen molar-refractivity contribution in [2.24, 2.45) is 5.73 Å². The van der Waals surface area contributed by atoms with Gasteiger partial charge in [-0.15, -0.1) is 22.9 Å². The number of hydrogen-bond donors (Lipinski definition) is 1. The molecule has 0 aliphatic rings. The number of alkyl halides is 1. The van der Waals surface area contributed by atoms with Gasteiger partial charge in [-0.1, -0.05) is 11.6 Å². The van der Waals surface area contributed by atoms with Gasteiger partial charge >= 0.3 is 0 Å². The van der Waals surface area contributed by atoms with Crippen LogP contribution in [0.5, 0.6) is 0 Å². The van der Waals surface area contributed by atoms with Crippen LogP contribution in [0.4, 0.5) is 0 Å². The average molecular weight is 211 g/mol. The zero-order valence-electron chi connectivity index (χ0n) is 5.25. The third-order valence-electron chi connectivity index (χ3n) is 0.962. The lowest BCUT2D eigenvalue weighted by Gasteiger charge is -1.97. The molecular weight excluding hydrogens is 207 g/mol. The Morgan fingerprint density at radius 1 is 1.82 bits per heavy atom. The van der Waals surface area contributed by atoms with Crippen molar-refractivity contribution >= 4 is 40.4 Å². The van der Waals surface area contributed by atoms with Crippen LogP contribution in [0.25, 0.3) is 0 Å². The van der Waals surface area contributed by atoms with Crippen LogP contribution in [-0.4, -0.2) is 10.9 Å². The second kappa shape index (κ2) is 3.38. The molecule has 11 heavy (non-hydrogen) atoms. The summed E-state index contributed by atoms with van der Waals surface area (Å²) in [5.41, 5.74) is 4.93. The molecule has 1 heterocycles. The number of aromatic nitrogens is 1. The maximum atomic E-state index is 10.5. The van der Waals surface area contributed by atoms with Crippen LogP contribution in [0.1, 0.15) is 10.4 Å². The molecule has 0 spiro atoms. The first kappa shape index (κ1) is 8.77. The number of halogens is 2. The third kappa shape index (κ3) is 2.05. The fourth-order valence-corrected chi connectivity index (χ4v) is 1.61. The van der Waals surface area contributed by atoms with E-state index in [-0.39, 0.29) is 0 Å². The number of amides is 1. The van der Waals surface area contributed by atoms with Crippen molar-refractivity contribution in [2.75, 3.05) is 0 Å². The van der Waals surface area contributed by atoms with Gasteiger partial charge in [0.1, 0.15) is 9.34 Å². The molecule has 60 valence electrons. The summed E-state index contributed by atoms with van der Waals surface area (Å²) in [5.74, 6) is -0.613. The van der Waals surface area contributed by atoms with Gasteiger partial charge in [0.05, 0.1) is 6.20 Å². The van der Waals surface area contributed by atoms with Crippen LogP contribution in [0.15, 0.2) is 6.20 Å². The Kier molecular flexibility index (Phi) is 2.70. The van der Waals surface area contributed by atoms with E-state index in [1.165, 1.54) is 6.20 Å². The molecule has 0 aliphatic carbocycles. The summed E-state index contributed by atoms with van der Waals surface area (Å²) in [6.45, 7) is 0. The molecule has 0 aliphatic heterocycles. The fraction of sp³-hybridized carbons (Fsp3) is 0.200.